The lowest BCUT2D eigenvalue weighted by Gasteiger charge is -2.37. The maximum atomic E-state index is 4.78. The second-order valence-corrected chi connectivity index (χ2v) is 7.09. The topological polar surface area (TPSA) is 32.3 Å². The van der Waals surface area contributed by atoms with Crippen LogP contribution in [0, 0.1) is 12.3 Å². The van der Waals surface area contributed by atoms with Crippen LogP contribution in [0.5, 0.6) is 0 Å². The van der Waals surface area contributed by atoms with Crippen LogP contribution in [-0.4, -0.2) is 48.1 Å². The van der Waals surface area contributed by atoms with Crippen molar-refractivity contribution in [2.75, 3.05) is 38.1 Å². The number of hydrogen-bond donors (Lipinski definition) is 0. The van der Waals surface area contributed by atoms with E-state index in [1.165, 1.54) is 37.7 Å². The summed E-state index contributed by atoms with van der Waals surface area (Å²) in [6.45, 7) is 6.75. The fourth-order valence-corrected chi connectivity index (χ4v) is 4.03. The molecule has 0 N–H and O–H groups in total. The van der Waals surface area contributed by atoms with Gasteiger partial charge in [0.15, 0.2) is 0 Å². The number of piperidine rings is 1. The molecular formula is C18H24N4. The van der Waals surface area contributed by atoms with Gasteiger partial charge >= 0.3 is 0 Å². The van der Waals surface area contributed by atoms with Gasteiger partial charge in [-0.2, -0.15) is 0 Å². The standard InChI is InChI=1S/C18H24N4/c1-14-19-16-6-4-3-5-15(16)17(20-14)22-12-9-18(13-22)7-10-21(2)11-8-18/h3-6H,7-13H2,1-2H3. The van der Waals surface area contributed by atoms with Crippen LogP contribution in [0.1, 0.15) is 25.1 Å². The molecule has 2 aliphatic rings. The van der Waals surface area contributed by atoms with E-state index in [2.05, 4.69) is 46.1 Å². The van der Waals surface area contributed by atoms with Crippen molar-refractivity contribution in [2.45, 2.75) is 26.2 Å². The first-order chi connectivity index (χ1) is 10.7. The van der Waals surface area contributed by atoms with Crippen molar-refractivity contribution >= 4 is 16.7 Å². The van der Waals surface area contributed by atoms with Gasteiger partial charge in [-0.05, 0) is 63.9 Å². The van der Waals surface area contributed by atoms with E-state index in [4.69, 9.17) is 4.98 Å². The number of nitrogens with zero attached hydrogens (tertiary/aromatic N) is 4. The van der Waals surface area contributed by atoms with Crippen molar-refractivity contribution in [2.24, 2.45) is 5.41 Å². The van der Waals surface area contributed by atoms with E-state index < -0.39 is 0 Å². The van der Waals surface area contributed by atoms with Gasteiger partial charge in [-0.1, -0.05) is 12.1 Å². The molecule has 2 saturated heterocycles. The molecule has 0 aliphatic carbocycles. The summed E-state index contributed by atoms with van der Waals surface area (Å²) in [5.41, 5.74) is 1.57. The third kappa shape index (κ3) is 2.35. The number of aromatic nitrogens is 2. The molecule has 3 heterocycles. The van der Waals surface area contributed by atoms with Crippen LogP contribution in [0.15, 0.2) is 24.3 Å². The summed E-state index contributed by atoms with van der Waals surface area (Å²) in [7, 11) is 2.24. The highest BCUT2D eigenvalue weighted by molar-refractivity contribution is 5.89. The predicted octanol–water partition coefficient (Wildman–Crippen LogP) is 2.86. The van der Waals surface area contributed by atoms with Crippen molar-refractivity contribution in [3.05, 3.63) is 30.1 Å². The van der Waals surface area contributed by atoms with Crippen LogP contribution >= 0.6 is 0 Å². The molecule has 0 atom stereocenters. The number of para-hydroxylation sites is 1. The highest BCUT2D eigenvalue weighted by Gasteiger charge is 2.40. The van der Waals surface area contributed by atoms with E-state index in [-0.39, 0.29) is 0 Å². The molecule has 0 radical (unpaired) electrons. The zero-order chi connectivity index (χ0) is 15.2. The Kier molecular flexibility index (Phi) is 3.30. The largest absolute Gasteiger partial charge is 0.355 e. The molecule has 4 rings (SSSR count). The van der Waals surface area contributed by atoms with Crippen LogP contribution in [0.25, 0.3) is 10.9 Å². The highest BCUT2D eigenvalue weighted by Crippen LogP contribution is 2.42. The molecule has 1 aromatic carbocycles. The molecule has 0 unspecified atom stereocenters. The molecule has 2 fully saturated rings. The van der Waals surface area contributed by atoms with Gasteiger partial charge in [0.05, 0.1) is 5.52 Å². The molecule has 22 heavy (non-hydrogen) atoms. The number of benzene rings is 1. The summed E-state index contributed by atoms with van der Waals surface area (Å²) in [6, 6.07) is 8.39. The van der Waals surface area contributed by atoms with E-state index in [9.17, 15) is 0 Å². The smallest absolute Gasteiger partial charge is 0.140 e. The number of likely N-dealkylation sites (tertiary alicyclic amines) is 1. The molecule has 1 aromatic heterocycles. The summed E-state index contributed by atoms with van der Waals surface area (Å²) >= 11 is 0. The minimum atomic E-state index is 0.506. The van der Waals surface area contributed by atoms with E-state index in [1.54, 1.807) is 0 Å². The predicted molar refractivity (Wildman–Crippen MR) is 90.3 cm³/mol. The average Bonchev–Trinajstić information content (AvgIpc) is 2.94. The van der Waals surface area contributed by atoms with Gasteiger partial charge in [0.2, 0.25) is 0 Å². The fourth-order valence-electron chi connectivity index (χ4n) is 4.03. The van der Waals surface area contributed by atoms with Crippen molar-refractivity contribution < 1.29 is 0 Å². The van der Waals surface area contributed by atoms with Gasteiger partial charge in [0, 0.05) is 18.5 Å². The zero-order valence-corrected chi connectivity index (χ0v) is 13.5. The quantitative estimate of drug-likeness (QED) is 0.810. The Balaban J connectivity index is 1.66. The molecule has 1 spiro atoms. The third-order valence-corrected chi connectivity index (χ3v) is 5.48. The Hall–Kier alpha value is -1.68. The number of aryl methyl sites for hydroxylation is 1. The normalized spacial score (nSPS) is 21.8. The molecule has 0 saturated carbocycles. The van der Waals surface area contributed by atoms with Crippen LogP contribution < -0.4 is 4.90 Å². The van der Waals surface area contributed by atoms with Gasteiger partial charge in [-0.15, -0.1) is 0 Å². The molecular weight excluding hydrogens is 272 g/mol. The van der Waals surface area contributed by atoms with Crippen LogP contribution in [0.3, 0.4) is 0 Å². The maximum absolute atomic E-state index is 4.78. The second-order valence-electron chi connectivity index (χ2n) is 7.09. The van der Waals surface area contributed by atoms with Crippen molar-refractivity contribution in [3.8, 4) is 0 Å². The van der Waals surface area contributed by atoms with Gasteiger partial charge < -0.3 is 9.80 Å². The number of anilines is 1. The number of rotatable bonds is 1. The fraction of sp³-hybridized carbons (Fsp3) is 0.556. The zero-order valence-electron chi connectivity index (χ0n) is 13.5. The number of fused-ring (bicyclic) bond motifs is 1. The second kappa shape index (κ2) is 5.20. The SMILES string of the molecule is Cc1nc(N2CCC3(CCN(C)CC3)C2)c2ccccc2n1. The molecule has 2 aliphatic heterocycles. The Morgan fingerprint density at radius 1 is 1.00 bits per heavy atom. The first-order valence-corrected chi connectivity index (χ1v) is 8.32. The molecule has 0 bridgehead atoms. The molecule has 116 valence electrons. The minimum absolute atomic E-state index is 0.506. The van der Waals surface area contributed by atoms with Gasteiger partial charge in [-0.25, -0.2) is 9.97 Å². The lowest BCUT2D eigenvalue weighted by Crippen LogP contribution is -2.39. The van der Waals surface area contributed by atoms with Crippen LogP contribution in [0.2, 0.25) is 0 Å². The Morgan fingerprint density at radius 3 is 2.55 bits per heavy atom. The average molecular weight is 296 g/mol. The van der Waals surface area contributed by atoms with Gasteiger partial charge in [0.1, 0.15) is 11.6 Å². The summed E-state index contributed by atoms with van der Waals surface area (Å²) in [6.07, 6.45) is 3.95. The molecule has 4 heteroatoms. The Bertz CT molecular complexity index is 689. The summed E-state index contributed by atoms with van der Waals surface area (Å²) in [4.78, 5) is 14.3. The summed E-state index contributed by atoms with van der Waals surface area (Å²) < 4.78 is 0. The minimum Gasteiger partial charge on any atom is -0.355 e. The summed E-state index contributed by atoms with van der Waals surface area (Å²) in [5, 5.41) is 1.19. The van der Waals surface area contributed by atoms with Crippen molar-refractivity contribution in [1.82, 2.24) is 14.9 Å². The van der Waals surface area contributed by atoms with E-state index in [1.807, 2.05) is 6.92 Å². The molecule has 4 nitrogen and oxygen atoms in total. The number of hydrogen-bond acceptors (Lipinski definition) is 4. The van der Waals surface area contributed by atoms with Gasteiger partial charge in [0.25, 0.3) is 0 Å². The maximum Gasteiger partial charge on any atom is 0.140 e. The highest BCUT2D eigenvalue weighted by atomic mass is 15.2. The van der Waals surface area contributed by atoms with E-state index >= 15 is 0 Å². The van der Waals surface area contributed by atoms with Crippen molar-refractivity contribution in [3.63, 3.8) is 0 Å². The van der Waals surface area contributed by atoms with Gasteiger partial charge in [-0.3, -0.25) is 0 Å². The summed E-state index contributed by atoms with van der Waals surface area (Å²) in [5.74, 6) is 2.01. The van der Waals surface area contributed by atoms with Crippen LogP contribution in [-0.2, 0) is 0 Å². The first-order valence-electron chi connectivity index (χ1n) is 8.32. The lowest BCUT2D eigenvalue weighted by molar-refractivity contribution is 0.142. The lowest BCUT2D eigenvalue weighted by atomic mass is 9.78. The van der Waals surface area contributed by atoms with Crippen molar-refractivity contribution in [1.29, 1.82) is 0 Å². The Labute approximate surface area is 132 Å². The molecule has 0 amide bonds. The monoisotopic (exact) mass is 296 g/mol. The van der Waals surface area contributed by atoms with E-state index in [0.29, 0.717) is 5.41 Å². The molecule has 2 aromatic rings. The van der Waals surface area contributed by atoms with E-state index in [0.717, 1.165) is 30.2 Å². The third-order valence-electron chi connectivity index (χ3n) is 5.48. The first kappa shape index (κ1) is 13.9. The van der Waals surface area contributed by atoms with Crippen LogP contribution in [0.4, 0.5) is 5.82 Å². The Morgan fingerprint density at radius 2 is 1.73 bits per heavy atom.